The Morgan fingerprint density at radius 3 is 2.08 bits per heavy atom. The second kappa shape index (κ2) is 3.93. The minimum absolute atomic E-state index is 0.165. The maximum atomic E-state index is 5.59. The lowest BCUT2D eigenvalue weighted by molar-refractivity contribution is -0.0373. The van der Waals surface area contributed by atoms with Crippen molar-refractivity contribution in [1.29, 1.82) is 0 Å². The Bertz CT molecular complexity index is 253. The minimum Gasteiger partial charge on any atom is -0.374 e. The fraction of sp³-hybridized carbons (Fsp3) is 0.500. The molecule has 0 aromatic heterocycles. The molecule has 0 N–H and O–H groups in total. The predicted molar refractivity (Wildman–Crippen MR) is 55.6 cm³/mol. The number of hydrogen-bond acceptors (Lipinski definition) is 1. The highest BCUT2D eigenvalue weighted by Gasteiger charge is 2.29. The summed E-state index contributed by atoms with van der Waals surface area (Å²) in [5.41, 5.74) is 1.08. The SMILES string of the molecule is CO[C@@](C)(c1ccccc1)C(C)C. The summed E-state index contributed by atoms with van der Waals surface area (Å²) in [6.45, 7) is 6.49. The van der Waals surface area contributed by atoms with Crippen LogP contribution in [0.25, 0.3) is 0 Å². The Kier molecular flexibility index (Phi) is 3.10. The first-order valence-electron chi connectivity index (χ1n) is 4.72. The summed E-state index contributed by atoms with van der Waals surface area (Å²) < 4.78 is 5.59. The first-order chi connectivity index (χ1) is 6.11. The molecule has 1 aromatic carbocycles. The van der Waals surface area contributed by atoms with Crippen LogP contribution in [0.2, 0.25) is 0 Å². The van der Waals surface area contributed by atoms with E-state index in [2.05, 4.69) is 45.0 Å². The number of rotatable bonds is 3. The fourth-order valence-corrected chi connectivity index (χ4v) is 1.46. The van der Waals surface area contributed by atoms with Crippen LogP contribution in [-0.4, -0.2) is 7.11 Å². The van der Waals surface area contributed by atoms with Gasteiger partial charge in [0.2, 0.25) is 0 Å². The third kappa shape index (κ3) is 1.92. The van der Waals surface area contributed by atoms with Crippen molar-refractivity contribution in [2.75, 3.05) is 7.11 Å². The van der Waals surface area contributed by atoms with Crippen molar-refractivity contribution in [1.82, 2.24) is 0 Å². The summed E-state index contributed by atoms with van der Waals surface area (Å²) in [5.74, 6) is 0.472. The van der Waals surface area contributed by atoms with E-state index in [9.17, 15) is 0 Å². The number of benzene rings is 1. The number of methoxy groups -OCH3 is 1. The fourth-order valence-electron chi connectivity index (χ4n) is 1.46. The van der Waals surface area contributed by atoms with E-state index in [4.69, 9.17) is 4.74 Å². The standard InChI is InChI=1S/C12H18O/c1-10(2)12(3,13-4)11-8-6-5-7-9-11/h5-10H,1-4H3/t12-/m1/s1. The first-order valence-corrected chi connectivity index (χ1v) is 4.72. The van der Waals surface area contributed by atoms with E-state index >= 15 is 0 Å². The van der Waals surface area contributed by atoms with Gasteiger partial charge in [-0.05, 0) is 18.4 Å². The van der Waals surface area contributed by atoms with Gasteiger partial charge in [0.1, 0.15) is 0 Å². The topological polar surface area (TPSA) is 9.23 Å². The van der Waals surface area contributed by atoms with Crippen LogP contribution < -0.4 is 0 Å². The molecule has 0 saturated heterocycles. The van der Waals surface area contributed by atoms with Gasteiger partial charge in [0.25, 0.3) is 0 Å². The number of hydrogen-bond donors (Lipinski definition) is 0. The predicted octanol–water partition coefficient (Wildman–Crippen LogP) is 3.20. The van der Waals surface area contributed by atoms with E-state index in [-0.39, 0.29) is 5.60 Å². The van der Waals surface area contributed by atoms with Crippen LogP contribution in [0.15, 0.2) is 30.3 Å². The van der Waals surface area contributed by atoms with Crippen LogP contribution in [0.1, 0.15) is 26.3 Å². The average Bonchev–Trinajstić information content (AvgIpc) is 2.17. The summed E-state index contributed by atoms with van der Waals surface area (Å²) in [6.07, 6.45) is 0. The molecule has 1 heteroatoms. The third-order valence-corrected chi connectivity index (χ3v) is 2.87. The highest BCUT2D eigenvalue weighted by Crippen LogP contribution is 2.32. The molecule has 0 saturated carbocycles. The molecule has 1 nitrogen and oxygen atoms in total. The largest absolute Gasteiger partial charge is 0.374 e. The van der Waals surface area contributed by atoms with E-state index in [0.29, 0.717) is 5.92 Å². The van der Waals surface area contributed by atoms with Crippen LogP contribution >= 0.6 is 0 Å². The maximum absolute atomic E-state index is 5.59. The first kappa shape index (κ1) is 10.3. The van der Waals surface area contributed by atoms with Gasteiger partial charge in [-0.1, -0.05) is 44.2 Å². The minimum atomic E-state index is -0.165. The van der Waals surface area contributed by atoms with Gasteiger partial charge < -0.3 is 4.74 Å². The van der Waals surface area contributed by atoms with Gasteiger partial charge in [0.05, 0.1) is 5.60 Å². The zero-order valence-corrected chi connectivity index (χ0v) is 8.87. The van der Waals surface area contributed by atoms with Gasteiger partial charge in [-0.25, -0.2) is 0 Å². The third-order valence-electron chi connectivity index (χ3n) is 2.87. The normalized spacial score (nSPS) is 15.8. The zero-order valence-electron chi connectivity index (χ0n) is 8.87. The second-order valence-corrected chi connectivity index (χ2v) is 3.83. The van der Waals surface area contributed by atoms with E-state index in [0.717, 1.165) is 0 Å². The number of ether oxygens (including phenoxy) is 1. The molecule has 13 heavy (non-hydrogen) atoms. The molecule has 1 atom stereocenters. The molecule has 0 heterocycles. The second-order valence-electron chi connectivity index (χ2n) is 3.83. The summed E-state index contributed by atoms with van der Waals surface area (Å²) in [4.78, 5) is 0. The molecule has 0 bridgehead atoms. The summed E-state index contributed by atoms with van der Waals surface area (Å²) in [5, 5.41) is 0. The highest BCUT2D eigenvalue weighted by molar-refractivity contribution is 5.22. The summed E-state index contributed by atoms with van der Waals surface area (Å²) >= 11 is 0. The molecule has 0 aliphatic carbocycles. The average molecular weight is 178 g/mol. The molecular weight excluding hydrogens is 160 g/mol. The zero-order chi connectivity index (χ0) is 9.90. The van der Waals surface area contributed by atoms with Crippen LogP contribution in [0.3, 0.4) is 0 Å². The van der Waals surface area contributed by atoms with Crippen LogP contribution in [0.5, 0.6) is 0 Å². The Balaban J connectivity index is 3.03. The highest BCUT2D eigenvalue weighted by atomic mass is 16.5. The van der Waals surface area contributed by atoms with Crippen molar-refractivity contribution in [2.45, 2.75) is 26.4 Å². The summed E-state index contributed by atoms with van der Waals surface area (Å²) in [6, 6.07) is 10.4. The molecular formula is C12H18O. The van der Waals surface area contributed by atoms with E-state index in [1.165, 1.54) is 5.56 Å². The van der Waals surface area contributed by atoms with Crippen LogP contribution in [-0.2, 0) is 10.3 Å². The Hall–Kier alpha value is -0.820. The molecule has 0 spiro atoms. The lowest BCUT2D eigenvalue weighted by Crippen LogP contribution is -2.30. The van der Waals surface area contributed by atoms with Crippen molar-refractivity contribution in [2.24, 2.45) is 5.92 Å². The van der Waals surface area contributed by atoms with Gasteiger partial charge >= 0.3 is 0 Å². The quantitative estimate of drug-likeness (QED) is 0.690. The van der Waals surface area contributed by atoms with Gasteiger partial charge in [-0.3, -0.25) is 0 Å². The van der Waals surface area contributed by atoms with Crippen LogP contribution in [0, 0.1) is 5.92 Å². The van der Waals surface area contributed by atoms with Crippen molar-refractivity contribution < 1.29 is 4.74 Å². The van der Waals surface area contributed by atoms with Gasteiger partial charge in [-0.2, -0.15) is 0 Å². The van der Waals surface area contributed by atoms with Crippen molar-refractivity contribution in [3.8, 4) is 0 Å². The Labute approximate surface area is 80.7 Å². The lowest BCUT2D eigenvalue weighted by Gasteiger charge is -2.32. The molecule has 0 unspecified atom stereocenters. The molecule has 1 rings (SSSR count). The molecule has 0 fully saturated rings. The Morgan fingerprint density at radius 1 is 1.15 bits per heavy atom. The van der Waals surface area contributed by atoms with E-state index in [1.54, 1.807) is 7.11 Å². The molecule has 0 aliphatic rings. The van der Waals surface area contributed by atoms with Gasteiger partial charge in [0, 0.05) is 7.11 Å². The molecule has 0 aliphatic heterocycles. The van der Waals surface area contributed by atoms with Gasteiger partial charge in [-0.15, -0.1) is 0 Å². The van der Waals surface area contributed by atoms with Crippen LogP contribution in [0.4, 0.5) is 0 Å². The van der Waals surface area contributed by atoms with Gasteiger partial charge in [0.15, 0.2) is 0 Å². The van der Waals surface area contributed by atoms with Crippen molar-refractivity contribution in [3.63, 3.8) is 0 Å². The molecule has 0 amide bonds. The van der Waals surface area contributed by atoms with E-state index in [1.807, 2.05) is 6.07 Å². The van der Waals surface area contributed by atoms with Crippen molar-refractivity contribution >= 4 is 0 Å². The molecule has 1 aromatic rings. The summed E-state index contributed by atoms with van der Waals surface area (Å²) in [7, 11) is 1.77. The van der Waals surface area contributed by atoms with Crippen molar-refractivity contribution in [3.05, 3.63) is 35.9 Å². The monoisotopic (exact) mass is 178 g/mol. The molecule has 72 valence electrons. The van der Waals surface area contributed by atoms with E-state index < -0.39 is 0 Å². The maximum Gasteiger partial charge on any atom is 0.0922 e. The lowest BCUT2D eigenvalue weighted by atomic mass is 9.85. The molecule has 0 radical (unpaired) electrons. The smallest absolute Gasteiger partial charge is 0.0922 e. The Morgan fingerprint density at radius 2 is 1.69 bits per heavy atom.